The van der Waals surface area contributed by atoms with E-state index in [1.54, 1.807) is 0 Å². The molecular formula is C10H17NO2S. The second-order valence-corrected chi connectivity index (χ2v) is 4.52. The molecule has 0 radical (unpaired) electrons. The van der Waals surface area contributed by atoms with Gasteiger partial charge in [0.05, 0.1) is 4.88 Å². The number of thiazole rings is 1. The van der Waals surface area contributed by atoms with Crippen LogP contribution in [-0.4, -0.2) is 10.1 Å². The molecule has 4 heteroatoms. The summed E-state index contributed by atoms with van der Waals surface area (Å²) in [6.45, 7) is 2.18. The van der Waals surface area contributed by atoms with Crippen LogP contribution in [0.5, 0.6) is 5.88 Å². The SMILES string of the molecule is CCCCCCCc1sc(=O)[nH]c1O. The average Bonchev–Trinajstić information content (AvgIpc) is 2.45. The summed E-state index contributed by atoms with van der Waals surface area (Å²) in [5.74, 6) is 0.0653. The highest BCUT2D eigenvalue weighted by Gasteiger charge is 2.05. The van der Waals surface area contributed by atoms with Gasteiger partial charge in [0.1, 0.15) is 0 Å². The van der Waals surface area contributed by atoms with Gasteiger partial charge < -0.3 is 5.11 Å². The number of rotatable bonds is 6. The Morgan fingerprint density at radius 1 is 1.29 bits per heavy atom. The third kappa shape index (κ3) is 3.54. The maximum absolute atomic E-state index is 10.8. The first-order valence-corrected chi connectivity index (χ1v) is 5.96. The van der Waals surface area contributed by atoms with E-state index in [1.807, 2.05) is 0 Å². The zero-order valence-electron chi connectivity index (χ0n) is 8.51. The van der Waals surface area contributed by atoms with E-state index in [0.29, 0.717) is 0 Å². The normalized spacial score (nSPS) is 10.6. The number of H-pyrrole nitrogens is 1. The standard InChI is InChI=1S/C10H17NO2S/c1-2-3-4-5-6-7-8-9(12)11-10(13)14-8/h12H,2-7H2,1H3,(H,11,13). The van der Waals surface area contributed by atoms with Crippen LogP contribution in [0.15, 0.2) is 4.79 Å². The first kappa shape index (κ1) is 11.3. The van der Waals surface area contributed by atoms with E-state index in [-0.39, 0.29) is 10.8 Å². The Morgan fingerprint density at radius 3 is 2.57 bits per heavy atom. The molecule has 0 atom stereocenters. The third-order valence-corrected chi connectivity index (χ3v) is 3.14. The fourth-order valence-corrected chi connectivity index (χ4v) is 2.18. The molecule has 0 saturated heterocycles. The highest BCUT2D eigenvalue weighted by Crippen LogP contribution is 2.18. The predicted octanol–water partition coefficient (Wildman–Crippen LogP) is 2.65. The Morgan fingerprint density at radius 2 is 2.00 bits per heavy atom. The zero-order valence-corrected chi connectivity index (χ0v) is 9.32. The molecule has 0 unspecified atom stereocenters. The molecule has 0 aromatic carbocycles. The van der Waals surface area contributed by atoms with Crippen molar-refractivity contribution in [2.24, 2.45) is 0 Å². The molecule has 0 aliphatic rings. The summed E-state index contributed by atoms with van der Waals surface area (Å²) in [5.41, 5.74) is 0. The number of unbranched alkanes of at least 4 members (excludes halogenated alkanes) is 4. The number of hydrogen-bond acceptors (Lipinski definition) is 3. The van der Waals surface area contributed by atoms with E-state index in [9.17, 15) is 9.90 Å². The molecular weight excluding hydrogens is 198 g/mol. The van der Waals surface area contributed by atoms with Gasteiger partial charge in [0.2, 0.25) is 5.88 Å². The fourth-order valence-electron chi connectivity index (χ4n) is 1.41. The minimum atomic E-state index is -0.161. The maximum atomic E-state index is 10.8. The number of aromatic amines is 1. The van der Waals surface area contributed by atoms with Gasteiger partial charge in [-0.1, -0.05) is 43.9 Å². The van der Waals surface area contributed by atoms with Gasteiger partial charge >= 0.3 is 4.87 Å². The van der Waals surface area contributed by atoms with Crippen molar-refractivity contribution in [1.82, 2.24) is 4.98 Å². The van der Waals surface area contributed by atoms with Gasteiger partial charge in [0.15, 0.2) is 0 Å². The molecule has 80 valence electrons. The number of aromatic hydroxyl groups is 1. The van der Waals surface area contributed by atoms with Crippen molar-refractivity contribution in [3.05, 3.63) is 14.5 Å². The lowest BCUT2D eigenvalue weighted by atomic mass is 10.1. The van der Waals surface area contributed by atoms with Crippen molar-refractivity contribution in [3.8, 4) is 5.88 Å². The zero-order chi connectivity index (χ0) is 10.4. The molecule has 1 heterocycles. The monoisotopic (exact) mass is 215 g/mol. The number of aromatic nitrogens is 1. The minimum absolute atomic E-state index is 0.0653. The van der Waals surface area contributed by atoms with Crippen molar-refractivity contribution in [2.45, 2.75) is 45.4 Å². The van der Waals surface area contributed by atoms with Crippen LogP contribution in [0.3, 0.4) is 0 Å². The predicted molar refractivity (Wildman–Crippen MR) is 59.1 cm³/mol. The summed E-state index contributed by atoms with van der Waals surface area (Å²) in [7, 11) is 0. The lowest BCUT2D eigenvalue weighted by Crippen LogP contribution is -1.89. The minimum Gasteiger partial charge on any atom is -0.494 e. The molecule has 0 saturated carbocycles. The maximum Gasteiger partial charge on any atom is 0.307 e. The van der Waals surface area contributed by atoms with Gasteiger partial charge in [-0.2, -0.15) is 0 Å². The lowest BCUT2D eigenvalue weighted by molar-refractivity contribution is 0.448. The summed E-state index contributed by atoms with van der Waals surface area (Å²) in [6.07, 6.45) is 6.81. The van der Waals surface area contributed by atoms with E-state index in [0.717, 1.165) is 29.1 Å². The second-order valence-electron chi connectivity index (χ2n) is 3.45. The molecule has 1 aromatic rings. The molecule has 0 aliphatic carbocycles. The quantitative estimate of drug-likeness (QED) is 0.717. The van der Waals surface area contributed by atoms with Gasteiger partial charge in [0, 0.05) is 0 Å². The summed E-state index contributed by atoms with van der Waals surface area (Å²) in [4.78, 5) is 13.9. The lowest BCUT2D eigenvalue weighted by Gasteiger charge is -1.98. The molecule has 0 amide bonds. The van der Waals surface area contributed by atoms with E-state index < -0.39 is 0 Å². The van der Waals surface area contributed by atoms with Gasteiger partial charge in [-0.15, -0.1) is 0 Å². The van der Waals surface area contributed by atoms with Gasteiger partial charge in [0.25, 0.3) is 0 Å². The van der Waals surface area contributed by atoms with Crippen LogP contribution in [0.1, 0.15) is 43.9 Å². The molecule has 0 aliphatic heterocycles. The Labute approximate surface area is 87.8 Å². The topological polar surface area (TPSA) is 53.1 Å². The summed E-state index contributed by atoms with van der Waals surface area (Å²) >= 11 is 1.12. The van der Waals surface area contributed by atoms with Gasteiger partial charge in [-0.25, -0.2) is 0 Å². The van der Waals surface area contributed by atoms with Crippen LogP contribution in [0.4, 0.5) is 0 Å². The van der Waals surface area contributed by atoms with Crippen LogP contribution in [0.2, 0.25) is 0 Å². The molecule has 3 nitrogen and oxygen atoms in total. The smallest absolute Gasteiger partial charge is 0.307 e. The molecule has 0 bridgehead atoms. The number of nitrogens with one attached hydrogen (secondary N) is 1. The third-order valence-electron chi connectivity index (χ3n) is 2.21. The molecule has 0 fully saturated rings. The van der Waals surface area contributed by atoms with Crippen LogP contribution in [-0.2, 0) is 6.42 Å². The highest BCUT2D eigenvalue weighted by molar-refractivity contribution is 7.09. The Bertz CT molecular complexity index is 316. The molecule has 14 heavy (non-hydrogen) atoms. The Balaban J connectivity index is 2.24. The van der Waals surface area contributed by atoms with Crippen LogP contribution in [0.25, 0.3) is 0 Å². The fraction of sp³-hybridized carbons (Fsp3) is 0.700. The van der Waals surface area contributed by atoms with Crippen LogP contribution in [0, 0.1) is 0 Å². The van der Waals surface area contributed by atoms with E-state index in [2.05, 4.69) is 11.9 Å². The summed E-state index contributed by atoms with van der Waals surface area (Å²) in [6, 6.07) is 0. The number of hydrogen-bond donors (Lipinski definition) is 2. The highest BCUT2D eigenvalue weighted by atomic mass is 32.1. The first-order chi connectivity index (χ1) is 6.74. The van der Waals surface area contributed by atoms with E-state index in [4.69, 9.17) is 0 Å². The van der Waals surface area contributed by atoms with Crippen molar-refractivity contribution in [2.75, 3.05) is 0 Å². The average molecular weight is 215 g/mol. The van der Waals surface area contributed by atoms with Crippen molar-refractivity contribution >= 4 is 11.3 Å². The van der Waals surface area contributed by atoms with Crippen molar-refractivity contribution in [3.63, 3.8) is 0 Å². The number of aryl methyl sites for hydroxylation is 1. The van der Waals surface area contributed by atoms with E-state index >= 15 is 0 Å². The molecule has 1 rings (SSSR count). The summed E-state index contributed by atoms with van der Waals surface area (Å²) < 4.78 is 0. The van der Waals surface area contributed by atoms with Gasteiger partial charge in [-0.05, 0) is 12.8 Å². The van der Waals surface area contributed by atoms with Crippen LogP contribution < -0.4 is 4.87 Å². The molecule has 1 aromatic heterocycles. The Hall–Kier alpha value is -0.770. The second kappa shape index (κ2) is 5.86. The molecule has 0 spiro atoms. The molecule has 2 N–H and O–H groups in total. The van der Waals surface area contributed by atoms with Crippen molar-refractivity contribution in [1.29, 1.82) is 0 Å². The Kier molecular flexibility index (Phi) is 4.73. The summed E-state index contributed by atoms with van der Waals surface area (Å²) in [5, 5.41) is 9.29. The van der Waals surface area contributed by atoms with Crippen LogP contribution >= 0.6 is 11.3 Å². The van der Waals surface area contributed by atoms with Gasteiger partial charge in [-0.3, -0.25) is 9.78 Å². The largest absolute Gasteiger partial charge is 0.494 e. The first-order valence-electron chi connectivity index (χ1n) is 5.15. The van der Waals surface area contributed by atoms with E-state index in [1.165, 1.54) is 25.7 Å². The van der Waals surface area contributed by atoms with Crippen molar-refractivity contribution < 1.29 is 5.11 Å².